The summed E-state index contributed by atoms with van der Waals surface area (Å²) >= 11 is 0. The number of fused-ring (bicyclic) bond motifs is 1. The zero-order valence-corrected chi connectivity index (χ0v) is 9.40. The minimum atomic E-state index is -0.130. The van der Waals surface area contributed by atoms with Crippen molar-refractivity contribution in [1.82, 2.24) is 10.6 Å². The first-order valence-electron chi connectivity index (χ1n) is 5.83. The molecule has 0 bridgehead atoms. The van der Waals surface area contributed by atoms with Gasteiger partial charge in [-0.2, -0.15) is 0 Å². The van der Waals surface area contributed by atoms with Crippen LogP contribution in [0.5, 0.6) is 0 Å². The molecule has 1 aromatic heterocycles. The zero-order chi connectivity index (χ0) is 11.7. The second-order valence-corrected chi connectivity index (χ2v) is 4.31. The van der Waals surface area contributed by atoms with E-state index in [1.54, 1.807) is 6.07 Å². The molecule has 0 radical (unpaired) electrons. The molecule has 1 aromatic carbocycles. The number of carbonyl (C=O) groups excluding carboxylic acids is 1. The van der Waals surface area contributed by atoms with Crippen molar-refractivity contribution in [2.24, 2.45) is 0 Å². The first-order valence-corrected chi connectivity index (χ1v) is 5.83. The number of furan rings is 1. The number of amides is 1. The maximum atomic E-state index is 11.9. The Kier molecular flexibility index (Phi) is 2.57. The first kappa shape index (κ1) is 10.4. The largest absolute Gasteiger partial charge is 0.451 e. The maximum absolute atomic E-state index is 11.9. The highest BCUT2D eigenvalue weighted by Crippen LogP contribution is 2.18. The van der Waals surface area contributed by atoms with Crippen molar-refractivity contribution in [2.45, 2.75) is 12.5 Å². The Labute approximate surface area is 99.0 Å². The molecule has 4 nitrogen and oxygen atoms in total. The van der Waals surface area contributed by atoms with Crippen LogP contribution in [0.4, 0.5) is 0 Å². The van der Waals surface area contributed by atoms with Crippen molar-refractivity contribution in [3.05, 3.63) is 36.1 Å². The minimum absolute atomic E-state index is 0.130. The van der Waals surface area contributed by atoms with Crippen LogP contribution in [0, 0.1) is 0 Å². The van der Waals surface area contributed by atoms with Gasteiger partial charge in [0.1, 0.15) is 5.58 Å². The lowest BCUT2D eigenvalue weighted by Crippen LogP contribution is -2.35. The quantitative estimate of drug-likeness (QED) is 0.822. The predicted octanol–water partition coefficient (Wildman–Crippen LogP) is 1.52. The lowest BCUT2D eigenvalue weighted by molar-refractivity contribution is 0.0914. The summed E-state index contributed by atoms with van der Waals surface area (Å²) in [6, 6.07) is 9.63. The molecule has 0 saturated carbocycles. The Bertz CT molecular complexity index is 508. The summed E-state index contributed by atoms with van der Waals surface area (Å²) in [5.41, 5.74) is 0.752. The van der Waals surface area contributed by atoms with Crippen molar-refractivity contribution in [2.75, 3.05) is 13.1 Å². The van der Waals surface area contributed by atoms with E-state index in [1.165, 1.54) is 0 Å². The lowest BCUT2D eigenvalue weighted by Gasteiger charge is -2.08. The summed E-state index contributed by atoms with van der Waals surface area (Å²) in [5, 5.41) is 7.13. The van der Waals surface area contributed by atoms with Crippen LogP contribution >= 0.6 is 0 Å². The van der Waals surface area contributed by atoms with Gasteiger partial charge in [-0.1, -0.05) is 18.2 Å². The van der Waals surface area contributed by atoms with Crippen molar-refractivity contribution in [1.29, 1.82) is 0 Å². The summed E-state index contributed by atoms with van der Waals surface area (Å²) in [4.78, 5) is 11.9. The molecule has 4 heteroatoms. The molecule has 1 aliphatic rings. The average molecular weight is 230 g/mol. The van der Waals surface area contributed by atoms with Gasteiger partial charge in [-0.3, -0.25) is 4.79 Å². The molecule has 0 aliphatic carbocycles. The van der Waals surface area contributed by atoms with E-state index in [4.69, 9.17) is 4.42 Å². The van der Waals surface area contributed by atoms with E-state index in [-0.39, 0.29) is 11.9 Å². The molecule has 1 fully saturated rings. The highest BCUT2D eigenvalue weighted by atomic mass is 16.3. The van der Waals surface area contributed by atoms with Gasteiger partial charge >= 0.3 is 0 Å². The van der Waals surface area contributed by atoms with E-state index in [2.05, 4.69) is 10.6 Å². The van der Waals surface area contributed by atoms with Crippen molar-refractivity contribution < 1.29 is 9.21 Å². The number of carbonyl (C=O) groups is 1. The highest BCUT2D eigenvalue weighted by molar-refractivity contribution is 5.96. The molecule has 17 heavy (non-hydrogen) atoms. The Morgan fingerprint density at radius 1 is 1.41 bits per heavy atom. The second kappa shape index (κ2) is 4.22. The van der Waals surface area contributed by atoms with Crippen molar-refractivity contribution >= 4 is 16.9 Å². The molecule has 88 valence electrons. The molecule has 2 heterocycles. The normalized spacial score (nSPS) is 19.6. The number of hydrogen-bond acceptors (Lipinski definition) is 3. The fraction of sp³-hybridized carbons (Fsp3) is 0.308. The third kappa shape index (κ3) is 2.03. The SMILES string of the molecule is O=C(NC1CCNC1)c1cc2ccccc2o1. The smallest absolute Gasteiger partial charge is 0.287 e. The minimum Gasteiger partial charge on any atom is -0.451 e. The molecular formula is C13H14N2O2. The summed E-state index contributed by atoms with van der Waals surface area (Å²) in [5.74, 6) is 0.257. The Morgan fingerprint density at radius 2 is 2.29 bits per heavy atom. The molecule has 1 aliphatic heterocycles. The predicted molar refractivity (Wildman–Crippen MR) is 65.0 cm³/mol. The van der Waals surface area contributed by atoms with Crippen LogP contribution in [0.1, 0.15) is 17.0 Å². The van der Waals surface area contributed by atoms with Gasteiger partial charge < -0.3 is 15.1 Å². The van der Waals surface area contributed by atoms with E-state index < -0.39 is 0 Å². The van der Waals surface area contributed by atoms with E-state index >= 15 is 0 Å². The summed E-state index contributed by atoms with van der Waals surface area (Å²) < 4.78 is 5.51. The molecule has 1 atom stereocenters. The summed E-state index contributed by atoms with van der Waals surface area (Å²) in [6.45, 7) is 1.80. The monoisotopic (exact) mass is 230 g/mol. The van der Waals surface area contributed by atoms with Gasteiger partial charge in [0.25, 0.3) is 5.91 Å². The lowest BCUT2D eigenvalue weighted by atomic mass is 10.2. The molecule has 1 amide bonds. The van der Waals surface area contributed by atoms with Crippen LogP contribution < -0.4 is 10.6 Å². The topological polar surface area (TPSA) is 54.3 Å². The Morgan fingerprint density at radius 3 is 3.06 bits per heavy atom. The van der Waals surface area contributed by atoms with Gasteiger partial charge in [0, 0.05) is 18.0 Å². The van der Waals surface area contributed by atoms with Crippen LogP contribution in [0.2, 0.25) is 0 Å². The van der Waals surface area contributed by atoms with Gasteiger partial charge in [0.15, 0.2) is 5.76 Å². The molecule has 1 saturated heterocycles. The van der Waals surface area contributed by atoms with Crippen LogP contribution in [0.3, 0.4) is 0 Å². The molecule has 2 aromatic rings. The number of para-hydroxylation sites is 1. The number of benzene rings is 1. The molecular weight excluding hydrogens is 216 g/mol. The van der Waals surface area contributed by atoms with Gasteiger partial charge in [0.05, 0.1) is 0 Å². The van der Waals surface area contributed by atoms with Gasteiger partial charge in [0.2, 0.25) is 0 Å². The van der Waals surface area contributed by atoms with Crippen LogP contribution in [0.15, 0.2) is 34.7 Å². The third-order valence-electron chi connectivity index (χ3n) is 3.04. The van der Waals surface area contributed by atoms with Gasteiger partial charge in [-0.25, -0.2) is 0 Å². The van der Waals surface area contributed by atoms with Crippen LogP contribution in [-0.2, 0) is 0 Å². The van der Waals surface area contributed by atoms with Crippen molar-refractivity contribution in [3.63, 3.8) is 0 Å². The van der Waals surface area contributed by atoms with Crippen molar-refractivity contribution in [3.8, 4) is 0 Å². The van der Waals surface area contributed by atoms with Gasteiger partial charge in [-0.05, 0) is 25.1 Å². The van der Waals surface area contributed by atoms with E-state index in [9.17, 15) is 4.79 Å². The average Bonchev–Trinajstić information content (AvgIpc) is 2.96. The van der Waals surface area contributed by atoms with E-state index in [0.717, 1.165) is 30.5 Å². The fourth-order valence-corrected chi connectivity index (χ4v) is 2.13. The summed E-state index contributed by atoms with van der Waals surface area (Å²) in [6.07, 6.45) is 0.978. The Hall–Kier alpha value is -1.81. The van der Waals surface area contributed by atoms with E-state index in [1.807, 2.05) is 24.3 Å². The molecule has 3 rings (SSSR count). The molecule has 2 N–H and O–H groups in total. The summed E-state index contributed by atoms with van der Waals surface area (Å²) in [7, 11) is 0. The maximum Gasteiger partial charge on any atom is 0.287 e. The molecule has 1 unspecified atom stereocenters. The standard InChI is InChI=1S/C13H14N2O2/c16-13(15-10-5-6-14-8-10)12-7-9-3-1-2-4-11(9)17-12/h1-4,7,10,14H,5-6,8H2,(H,15,16). The first-order chi connectivity index (χ1) is 8.33. The molecule has 0 spiro atoms. The highest BCUT2D eigenvalue weighted by Gasteiger charge is 2.19. The van der Waals surface area contributed by atoms with Crippen LogP contribution in [0.25, 0.3) is 11.0 Å². The zero-order valence-electron chi connectivity index (χ0n) is 9.40. The third-order valence-corrected chi connectivity index (χ3v) is 3.04. The Balaban J connectivity index is 1.80. The second-order valence-electron chi connectivity index (χ2n) is 4.31. The van der Waals surface area contributed by atoms with Crippen LogP contribution in [-0.4, -0.2) is 25.0 Å². The van der Waals surface area contributed by atoms with E-state index in [0.29, 0.717) is 5.76 Å². The number of nitrogens with one attached hydrogen (secondary N) is 2. The fourth-order valence-electron chi connectivity index (χ4n) is 2.13. The number of rotatable bonds is 2. The van der Waals surface area contributed by atoms with Gasteiger partial charge in [-0.15, -0.1) is 0 Å². The number of hydrogen-bond donors (Lipinski definition) is 2.